The molecule has 8 heteroatoms. The summed E-state index contributed by atoms with van der Waals surface area (Å²) in [4.78, 5) is 29.7. The molecule has 0 saturated carbocycles. The van der Waals surface area contributed by atoms with Crippen LogP contribution < -0.4 is 0 Å². The molecule has 23 heavy (non-hydrogen) atoms. The van der Waals surface area contributed by atoms with Crippen LogP contribution in [0.25, 0.3) is 10.7 Å². The number of rotatable bonds is 8. The third-order valence-electron chi connectivity index (χ3n) is 3.51. The Kier molecular flexibility index (Phi) is 5.86. The Morgan fingerprint density at radius 3 is 2.87 bits per heavy atom. The van der Waals surface area contributed by atoms with Crippen LogP contribution in [0.3, 0.4) is 0 Å². The monoisotopic (exact) mass is 337 g/mol. The quantitative estimate of drug-likeness (QED) is 0.795. The highest BCUT2D eigenvalue weighted by atomic mass is 32.1. The summed E-state index contributed by atoms with van der Waals surface area (Å²) in [6.45, 7) is 3.46. The lowest BCUT2D eigenvalue weighted by atomic mass is 10.2. The summed E-state index contributed by atoms with van der Waals surface area (Å²) in [5, 5.41) is 14.7. The largest absolute Gasteiger partial charge is 0.480 e. The number of nitrogens with zero attached hydrogens (tertiary/aromatic N) is 3. The number of amides is 1. The van der Waals surface area contributed by atoms with Crippen molar-refractivity contribution in [2.24, 2.45) is 0 Å². The Labute approximate surface area is 137 Å². The van der Waals surface area contributed by atoms with Crippen LogP contribution >= 0.6 is 11.3 Å². The lowest BCUT2D eigenvalue weighted by Gasteiger charge is -2.26. The molecular formula is C15H19N3O4S. The Morgan fingerprint density at radius 2 is 2.26 bits per heavy atom. The molecule has 0 bridgehead atoms. The summed E-state index contributed by atoms with van der Waals surface area (Å²) in [6, 6.07) is 3.67. The van der Waals surface area contributed by atoms with Gasteiger partial charge in [-0.2, -0.15) is 4.98 Å². The topological polar surface area (TPSA) is 96.5 Å². The number of carbonyl (C=O) groups excluding carboxylic acids is 1. The molecule has 0 aliphatic rings. The Hall–Kier alpha value is -2.22. The number of carbonyl (C=O) groups is 2. The molecule has 0 saturated heterocycles. The first-order chi connectivity index (χ1) is 11.0. The SMILES string of the molecule is CCC(C)N(CC(=O)O)C(=O)CCc1nc(-c2cccs2)no1. The van der Waals surface area contributed by atoms with E-state index in [1.54, 1.807) is 0 Å². The lowest BCUT2D eigenvalue weighted by molar-refractivity contribution is -0.146. The molecule has 0 aromatic carbocycles. The van der Waals surface area contributed by atoms with E-state index >= 15 is 0 Å². The van der Waals surface area contributed by atoms with Gasteiger partial charge in [0.15, 0.2) is 0 Å². The van der Waals surface area contributed by atoms with Crippen molar-refractivity contribution in [1.82, 2.24) is 15.0 Å². The molecule has 2 rings (SSSR count). The van der Waals surface area contributed by atoms with Crippen molar-refractivity contribution < 1.29 is 19.2 Å². The fourth-order valence-electron chi connectivity index (χ4n) is 2.08. The fraction of sp³-hybridized carbons (Fsp3) is 0.467. The van der Waals surface area contributed by atoms with E-state index in [1.165, 1.54) is 16.2 Å². The van der Waals surface area contributed by atoms with Gasteiger partial charge >= 0.3 is 5.97 Å². The number of hydrogen-bond donors (Lipinski definition) is 1. The molecule has 2 aromatic rings. The van der Waals surface area contributed by atoms with E-state index in [4.69, 9.17) is 9.63 Å². The van der Waals surface area contributed by atoms with Crippen molar-refractivity contribution in [2.45, 2.75) is 39.2 Å². The van der Waals surface area contributed by atoms with E-state index in [-0.39, 0.29) is 24.9 Å². The number of aliphatic carboxylic acids is 1. The van der Waals surface area contributed by atoms with Crippen LogP contribution in [0, 0.1) is 0 Å². The van der Waals surface area contributed by atoms with E-state index in [0.29, 0.717) is 24.6 Å². The Morgan fingerprint density at radius 1 is 1.48 bits per heavy atom. The van der Waals surface area contributed by atoms with E-state index in [0.717, 1.165) is 4.88 Å². The number of carboxylic acids is 1. The highest BCUT2D eigenvalue weighted by Gasteiger charge is 2.22. The molecule has 1 amide bonds. The zero-order valence-corrected chi connectivity index (χ0v) is 13.9. The van der Waals surface area contributed by atoms with E-state index in [2.05, 4.69) is 10.1 Å². The van der Waals surface area contributed by atoms with Gasteiger partial charge in [-0.25, -0.2) is 0 Å². The minimum atomic E-state index is -1.02. The van der Waals surface area contributed by atoms with Gasteiger partial charge in [-0.15, -0.1) is 11.3 Å². The average Bonchev–Trinajstić information content (AvgIpc) is 3.19. The molecule has 2 heterocycles. The van der Waals surface area contributed by atoms with Gasteiger partial charge in [-0.1, -0.05) is 18.1 Å². The summed E-state index contributed by atoms with van der Waals surface area (Å²) < 4.78 is 5.14. The third kappa shape index (κ3) is 4.62. The highest BCUT2D eigenvalue weighted by Crippen LogP contribution is 2.21. The molecule has 0 radical (unpaired) electrons. The van der Waals surface area contributed by atoms with E-state index in [1.807, 2.05) is 31.4 Å². The molecule has 7 nitrogen and oxygen atoms in total. The van der Waals surface area contributed by atoms with Crippen molar-refractivity contribution in [3.8, 4) is 10.7 Å². The lowest BCUT2D eigenvalue weighted by Crippen LogP contribution is -2.41. The maximum atomic E-state index is 12.3. The molecule has 124 valence electrons. The number of thiophene rings is 1. The van der Waals surface area contributed by atoms with Gasteiger partial charge in [-0.05, 0) is 24.8 Å². The van der Waals surface area contributed by atoms with E-state index < -0.39 is 5.97 Å². The summed E-state index contributed by atoms with van der Waals surface area (Å²) in [7, 11) is 0. The van der Waals surface area contributed by atoms with Gasteiger partial charge in [0.05, 0.1) is 4.88 Å². The van der Waals surface area contributed by atoms with Crippen LogP contribution in [0.15, 0.2) is 22.0 Å². The maximum absolute atomic E-state index is 12.3. The van der Waals surface area contributed by atoms with Crippen LogP contribution in [0.5, 0.6) is 0 Å². The predicted molar refractivity (Wildman–Crippen MR) is 85.0 cm³/mol. The fourth-order valence-corrected chi connectivity index (χ4v) is 2.72. The smallest absolute Gasteiger partial charge is 0.323 e. The third-order valence-corrected chi connectivity index (χ3v) is 4.38. The van der Waals surface area contributed by atoms with Crippen LogP contribution in [0.2, 0.25) is 0 Å². The van der Waals surface area contributed by atoms with Crippen molar-refractivity contribution in [3.63, 3.8) is 0 Å². The second kappa shape index (κ2) is 7.87. The Balaban J connectivity index is 1.96. The molecule has 1 unspecified atom stereocenters. The zero-order chi connectivity index (χ0) is 16.8. The zero-order valence-electron chi connectivity index (χ0n) is 13.1. The summed E-state index contributed by atoms with van der Waals surface area (Å²) in [5.41, 5.74) is 0. The second-order valence-electron chi connectivity index (χ2n) is 5.16. The van der Waals surface area contributed by atoms with Crippen LogP contribution in [-0.2, 0) is 16.0 Å². The standard InChI is InChI=1S/C15H19N3O4S/c1-3-10(2)18(9-14(20)21)13(19)7-6-12-16-15(17-22-12)11-5-4-8-23-11/h4-5,8,10H,3,6-7,9H2,1-2H3,(H,20,21). The number of aryl methyl sites for hydroxylation is 1. The van der Waals surface area contributed by atoms with Gasteiger partial charge in [0.2, 0.25) is 17.6 Å². The maximum Gasteiger partial charge on any atom is 0.323 e. The van der Waals surface area contributed by atoms with Crippen LogP contribution in [0.1, 0.15) is 32.6 Å². The van der Waals surface area contributed by atoms with Crippen molar-refractivity contribution in [2.75, 3.05) is 6.54 Å². The van der Waals surface area contributed by atoms with Crippen LogP contribution in [0.4, 0.5) is 0 Å². The van der Waals surface area contributed by atoms with Gasteiger partial charge in [0.25, 0.3) is 0 Å². The van der Waals surface area contributed by atoms with Crippen LogP contribution in [-0.4, -0.2) is 44.6 Å². The Bertz CT molecular complexity index is 653. The summed E-state index contributed by atoms with van der Waals surface area (Å²) >= 11 is 1.51. The van der Waals surface area contributed by atoms with Gasteiger partial charge in [0, 0.05) is 18.9 Å². The minimum Gasteiger partial charge on any atom is -0.480 e. The molecule has 2 aromatic heterocycles. The molecule has 0 aliphatic carbocycles. The first-order valence-electron chi connectivity index (χ1n) is 7.39. The average molecular weight is 337 g/mol. The number of hydrogen-bond acceptors (Lipinski definition) is 6. The number of carboxylic acid groups (broad SMARTS) is 1. The summed E-state index contributed by atoms with van der Waals surface area (Å²) in [5.74, 6) is -0.359. The normalized spacial score (nSPS) is 12.1. The van der Waals surface area contributed by atoms with Crippen molar-refractivity contribution >= 4 is 23.2 Å². The molecule has 0 aliphatic heterocycles. The van der Waals surface area contributed by atoms with E-state index in [9.17, 15) is 9.59 Å². The molecule has 1 N–H and O–H groups in total. The minimum absolute atomic E-state index is 0.122. The molecule has 0 fully saturated rings. The second-order valence-corrected chi connectivity index (χ2v) is 6.11. The first kappa shape index (κ1) is 17.1. The molecule has 1 atom stereocenters. The number of aromatic nitrogens is 2. The highest BCUT2D eigenvalue weighted by molar-refractivity contribution is 7.13. The van der Waals surface area contributed by atoms with Crippen molar-refractivity contribution in [3.05, 3.63) is 23.4 Å². The van der Waals surface area contributed by atoms with Gasteiger partial charge < -0.3 is 14.5 Å². The molecule has 0 spiro atoms. The molecular weight excluding hydrogens is 318 g/mol. The summed E-state index contributed by atoms with van der Waals surface area (Å²) in [6.07, 6.45) is 1.13. The first-order valence-corrected chi connectivity index (χ1v) is 8.27. The van der Waals surface area contributed by atoms with Gasteiger partial charge in [0.1, 0.15) is 6.54 Å². The predicted octanol–water partition coefficient (Wildman–Crippen LogP) is 2.44. The van der Waals surface area contributed by atoms with Gasteiger partial charge in [-0.3, -0.25) is 9.59 Å². The van der Waals surface area contributed by atoms with Crippen molar-refractivity contribution in [1.29, 1.82) is 0 Å².